The van der Waals surface area contributed by atoms with Crippen molar-refractivity contribution in [1.82, 2.24) is 5.32 Å². The first-order valence-electron chi connectivity index (χ1n) is 8.28. The molecule has 118 valence electrons. The Morgan fingerprint density at radius 1 is 1.38 bits per heavy atom. The molecule has 2 rings (SSSR count). The summed E-state index contributed by atoms with van der Waals surface area (Å²) in [5.41, 5.74) is 2.43. The highest BCUT2D eigenvalue weighted by atomic mass is 35.5. The van der Waals surface area contributed by atoms with Gasteiger partial charge in [0.05, 0.1) is 0 Å². The molecule has 0 saturated heterocycles. The van der Waals surface area contributed by atoms with Crippen molar-refractivity contribution in [3.63, 3.8) is 0 Å². The summed E-state index contributed by atoms with van der Waals surface area (Å²) in [7, 11) is 2.21. The number of hydrogen-bond donors (Lipinski definition) is 1. The SMILES string of the molecule is CCNC(C)c1ccc(N(C)C2CCCC(C)C2)cc1Cl. The van der Waals surface area contributed by atoms with E-state index in [1.165, 1.54) is 36.9 Å². The lowest BCUT2D eigenvalue weighted by molar-refractivity contribution is 0.336. The van der Waals surface area contributed by atoms with Gasteiger partial charge in [0.1, 0.15) is 0 Å². The van der Waals surface area contributed by atoms with Gasteiger partial charge in [-0.3, -0.25) is 0 Å². The zero-order valence-electron chi connectivity index (χ0n) is 13.8. The lowest BCUT2D eigenvalue weighted by Crippen LogP contribution is -2.35. The molecule has 1 fully saturated rings. The number of nitrogens with zero attached hydrogens (tertiary/aromatic N) is 1. The van der Waals surface area contributed by atoms with E-state index in [0.717, 1.165) is 17.5 Å². The molecule has 1 aliphatic carbocycles. The van der Waals surface area contributed by atoms with E-state index in [1.54, 1.807) is 0 Å². The number of anilines is 1. The van der Waals surface area contributed by atoms with Crippen molar-refractivity contribution in [3.8, 4) is 0 Å². The molecule has 3 atom stereocenters. The average Bonchev–Trinajstić information content (AvgIpc) is 2.46. The van der Waals surface area contributed by atoms with E-state index in [-0.39, 0.29) is 0 Å². The van der Waals surface area contributed by atoms with E-state index in [0.29, 0.717) is 12.1 Å². The smallest absolute Gasteiger partial charge is 0.0474 e. The summed E-state index contributed by atoms with van der Waals surface area (Å²) < 4.78 is 0. The molecule has 0 radical (unpaired) electrons. The third-order valence-electron chi connectivity index (χ3n) is 4.82. The van der Waals surface area contributed by atoms with Crippen LogP contribution in [0.1, 0.15) is 58.1 Å². The zero-order valence-corrected chi connectivity index (χ0v) is 14.6. The van der Waals surface area contributed by atoms with Gasteiger partial charge < -0.3 is 10.2 Å². The fourth-order valence-electron chi connectivity index (χ4n) is 3.47. The molecule has 1 saturated carbocycles. The summed E-state index contributed by atoms with van der Waals surface area (Å²) in [5.74, 6) is 0.842. The number of nitrogens with one attached hydrogen (secondary N) is 1. The van der Waals surface area contributed by atoms with Crippen molar-refractivity contribution < 1.29 is 0 Å². The first-order chi connectivity index (χ1) is 10.0. The number of benzene rings is 1. The number of halogens is 1. The average molecular weight is 309 g/mol. The monoisotopic (exact) mass is 308 g/mol. The summed E-state index contributed by atoms with van der Waals surface area (Å²) in [6.07, 6.45) is 5.32. The second kappa shape index (κ2) is 7.51. The maximum atomic E-state index is 6.50. The van der Waals surface area contributed by atoms with Crippen LogP contribution >= 0.6 is 11.6 Å². The molecule has 3 heteroatoms. The minimum absolute atomic E-state index is 0.302. The Labute approximate surface area is 134 Å². The molecule has 3 unspecified atom stereocenters. The van der Waals surface area contributed by atoms with Gasteiger partial charge in [-0.15, -0.1) is 0 Å². The summed E-state index contributed by atoms with van der Waals surface area (Å²) in [5, 5.41) is 4.29. The van der Waals surface area contributed by atoms with Crippen LogP contribution in [0.25, 0.3) is 0 Å². The highest BCUT2D eigenvalue weighted by Gasteiger charge is 2.23. The topological polar surface area (TPSA) is 15.3 Å². The van der Waals surface area contributed by atoms with Crippen LogP contribution in [-0.4, -0.2) is 19.6 Å². The van der Waals surface area contributed by atoms with Crippen molar-refractivity contribution in [1.29, 1.82) is 0 Å². The second-order valence-electron chi connectivity index (χ2n) is 6.52. The standard InChI is InChI=1S/C18H29ClN2/c1-5-20-14(3)17-10-9-16(12-18(17)19)21(4)15-8-6-7-13(2)11-15/h9-10,12-15,20H,5-8,11H2,1-4H3. The van der Waals surface area contributed by atoms with E-state index < -0.39 is 0 Å². The molecule has 0 aromatic heterocycles. The molecule has 1 aromatic carbocycles. The highest BCUT2D eigenvalue weighted by molar-refractivity contribution is 6.31. The highest BCUT2D eigenvalue weighted by Crippen LogP contribution is 2.32. The van der Waals surface area contributed by atoms with E-state index in [1.807, 2.05) is 0 Å². The maximum absolute atomic E-state index is 6.50. The third-order valence-corrected chi connectivity index (χ3v) is 5.15. The summed E-state index contributed by atoms with van der Waals surface area (Å²) in [6.45, 7) is 7.61. The van der Waals surface area contributed by atoms with Gasteiger partial charge >= 0.3 is 0 Å². The van der Waals surface area contributed by atoms with Crippen molar-refractivity contribution in [2.24, 2.45) is 5.92 Å². The van der Waals surface area contributed by atoms with Gasteiger partial charge in [-0.2, -0.15) is 0 Å². The van der Waals surface area contributed by atoms with Crippen LogP contribution in [0, 0.1) is 5.92 Å². The first-order valence-corrected chi connectivity index (χ1v) is 8.66. The van der Waals surface area contributed by atoms with Gasteiger partial charge in [-0.25, -0.2) is 0 Å². The van der Waals surface area contributed by atoms with Gasteiger partial charge in [0.15, 0.2) is 0 Å². The van der Waals surface area contributed by atoms with Gasteiger partial charge in [0.2, 0.25) is 0 Å². The molecule has 21 heavy (non-hydrogen) atoms. The first kappa shape index (κ1) is 16.6. The number of hydrogen-bond acceptors (Lipinski definition) is 2. The van der Waals surface area contributed by atoms with Crippen molar-refractivity contribution in [3.05, 3.63) is 28.8 Å². The quantitative estimate of drug-likeness (QED) is 0.821. The molecular formula is C18H29ClN2. The van der Waals surface area contributed by atoms with E-state index >= 15 is 0 Å². The summed E-state index contributed by atoms with van der Waals surface area (Å²) in [6, 6.07) is 7.48. The fraction of sp³-hybridized carbons (Fsp3) is 0.667. The lowest BCUT2D eigenvalue weighted by Gasteiger charge is -2.36. The molecule has 0 heterocycles. The van der Waals surface area contributed by atoms with Crippen LogP contribution in [0.3, 0.4) is 0 Å². The predicted molar refractivity (Wildman–Crippen MR) is 93.4 cm³/mol. The van der Waals surface area contributed by atoms with E-state index in [2.05, 4.69) is 56.2 Å². The molecular weight excluding hydrogens is 280 g/mol. The predicted octanol–water partition coefficient (Wildman–Crippen LogP) is 5.03. The molecule has 1 aliphatic rings. The Balaban J connectivity index is 2.11. The maximum Gasteiger partial charge on any atom is 0.0474 e. The van der Waals surface area contributed by atoms with Crippen LogP contribution in [0.4, 0.5) is 5.69 Å². The molecule has 0 spiro atoms. The number of rotatable bonds is 5. The van der Waals surface area contributed by atoms with Crippen LogP contribution < -0.4 is 10.2 Å². The zero-order chi connectivity index (χ0) is 15.4. The van der Waals surface area contributed by atoms with Gasteiger partial charge in [-0.1, -0.05) is 44.4 Å². The third kappa shape index (κ3) is 4.14. The Kier molecular flexibility index (Phi) is 5.95. The van der Waals surface area contributed by atoms with Crippen LogP contribution in [0.15, 0.2) is 18.2 Å². The summed E-state index contributed by atoms with van der Waals surface area (Å²) in [4.78, 5) is 2.42. The van der Waals surface area contributed by atoms with E-state index in [4.69, 9.17) is 11.6 Å². The van der Waals surface area contributed by atoms with E-state index in [9.17, 15) is 0 Å². The van der Waals surface area contributed by atoms with Crippen molar-refractivity contribution in [2.75, 3.05) is 18.5 Å². The van der Waals surface area contributed by atoms with Gasteiger partial charge in [-0.05, 0) is 49.9 Å². The second-order valence-corrected chi connectivity index (χ2v) is 6.93. The molecule has 0 amide bonds. The largest absolute Gasteiger partial charge is 0.372 e. The Morgan fingerprint density at radius 3 is 2.76 bits per heavy atom. The van der Waals surface area contributed by atoms with Crippen LogP contribution in [0.5, 0.6) is 0 Å². The Bertz CT molecular complexity index is 461. The molecule has 0 aliphatic heterocycles. The fourth-order valence-corrected chi connectivity index (χ4v) is 3.81. The minimum Gasteiger partial charge on any atom is -0.372 e. The lowest BCUT2D eigenvalue weighted by atomic mass is 9.86. The minimum atomic E-state index is 0.302. The molecule has 0 bridgehead atoms. The van der Waals surface area contributed by atoms with Crippen LogP contribution in [-0.2, 0) is 0 Å². The Morgan fingerprint density at radius 2 is 2.14 bits per heavy atom. The normalized spacial score (nSPS) is 23.9. The molecule has 1 aromatic rings. The van der Waals surface area contributed by atoms with Crippen LogP contribution in [0.2, 0.25) is 5.02 Å². The summed E-state index contributed by atoms with van der Waals surface area (Å²) >= 11 is 6.50. The van der Waals surface area contributed by atoms with Gasteiger partial charge in [0.25, 0.3) is 0 Å². The Hall–Kier alpha value is -0.730. The van der Waals surface area contributed by atoms with Crippen molar-refractivity contribution >= 4 is 17.3 Å². The van der Waals surface area contributed by atoms with Crippen molar-refractivity contribution in [2.45, 2.75) is 58.5 Å². The molecule has 2 nitrogen and oxygen atoms in total. The molecule has 1 N–H and O–H groups in total. The van der Waals surface area contributed by atoms with Gasteiger partial charge in [0, 0.05) is 29.8 Å².